The summed E-state index contributed by atoms with van der Waals surface area (Å²) in [6.07, 6.45) is 2.38. The standard InChI is InChI=1S/C19H20ClN3O3/c1-13-8-10-22(11-9-13)15-4-2-14(3-5-15)21-19(24)17-7-6-16(23(25)26)12-18(17)20/h2-7,12-13H,8-11H2,1H3,(H,21,24). The molecule has 26 heavy (non-hydrogen) atoms. The van der Waals surface area contributed by atoms with Crippen LogP contribution in [0.4, 0.5) is 17.1 Å². The lowest BCUT2D eigenvalue weighted by molar-refractivity contribution is -0.384. The normalized spacial score (nSPS) is 14.9. The number of carbonyl (C=O) groups excluding carboxylic acids is 1. The Labute approximate surface area is 156 Å². The molecule has 6 nitrogen and oxygen atoms in total. The van der Waals surface area contributed by atoms with Crippen molar-refractivity contribution in [1.29, 1.82) is 0 Å². The Kier molecular flexibility index (Phi) is 5.42. The minimum absolute atomic E-state index is 0.0516. The molecule has 2 aromatic carbocycles. The van der Waals surface area contributed by atoms with E-state index in [2.05, 4.69) is 17.1 Å². The summed E-state index contributed by atoms with van der Waals surface area (Å²) in [5, 5.41) is 13.6. The van der Waals surface area contributed by atoms with E-state index in [-0.39, 0.29) is 16.3 Å². The monoisotopic (exact) mass is 373 g/mol. The lowest BCUT2D eigenvalue weighted by Crippen LogP contribution is -2.32. The molecule has 1 amide bonds. The highest BCUT2D eigenvalue weighted by Gasteiger charge is 2.17. The lowest BCUT2D eigenvalue weighted by atomic mass is 9.99. The number of hydrogen-bond donors (Lipinski definition) is 1. The Morgan fingerprint density at radius 2 is 1.85 bits per heavy atom. The summed E-state index contributed by atoms with van der Waals surface area (Å²) in [4.78, 5) is 24.9. The molecule has 0 aliphatic carbocycles. The topological polar surface area (TPSA) is 75.5 Å². The van der Waals surface area contributed by atoms with Gasteiger partial charge < -0.3 is 10.2 Å². The van der Waals surface area contributed by atoms with Crippen LogP contribution in [0.2, 0.25) is 5.02 Å². The van der Waals surface area contributed by atoms with Crippen LogP contribution in [-0.2, 0) is 0 Å². The second kappa shape index (κ2) is 7.74. The van der Waals surface area contributed by atoms with Gasteiger partial charge in [-0.15, -0.1) is 0 Å². The second-order valence-corrected chi connectivity index (χ2v) is 7.00. The summed E-state index contributed by atoms with van der Waals surface area (Å²) < 4.78 is 0. The maximum Gasteiger partial charge on any atom is 0.270 e. The predicted octanol–water partition coefficient (Wildman–Crippen LogP) is 4.74. The number of amides is 1. The van der Waals surface area contributed by atoms with Crippen LogP contribution < -0.4 is 10.2 Å². The Balaban J connectivity index is 1.67. The number of benzene rings is 2. The molecule has 1 aliphatic rings. The lowest BCUT2D eigenvalue weighted by Gasteiger charge is -2.32. The van der Waals surface area contributed by atoms with Crippen LogP contribution >= 0.6 is 11.6 Å². The van der Waals surface area contributed by atoms with E-state index >= 15 is 0 Å². The van der Waals surface area contributed by atoms with E-state index in [0.29, 0.717) is 5.69 Å². The number of nitrogens with zero attached hydrogens (tertiary/aromatic N) is 2. The third kappa shape index (κ3) is 4.14. The molecular weight excluding hydrogens is 354 g/mol. The van der Waals surface area contributed by atoms with Gasteiger partial charge in [0, 0.05) is 36.6 Å². The molecule has 0 radical (unpaired) electrons. The third-order valence-corrected chi connectivity index (χ3v) is 4.99. The van der Waals surface area contributed by atoms with Crippen LogP contribution in [-0.4, -0.2) is 23.9 Å². The van der Waals surface area contributed by atoms with E-state index in [1.165, 1.54) is 31.0 Å². The second-order valence-electron chi connectivity index (χ2n) is 6.59. The van der Waals surface area contributed by atoms with Gasteiger partial charge in [0.1, 0.15) is 0 Å². The first-order chi connectivity index (χ1) is 12.4. The van der Waals surface area contributed by atoms with E-state index in [9.17, 15) is 14.9 Å². The van der Waals surface area contributed by atoms with Gasteiger partial charge in [-0.3, -0.25) is 14.9 Å². The molecule has 1 fully saturated rings. The van der Waals surface area contributed by atoms with E-state index in [4.69, 9.17) is 11.6 Å². The van der Waals surface area contributed by atoms with Gasteiger partial charge >= 0.3 is 0 Å². The van der Waals surface area contributed by atoms with Gasteiger partial charge in [-0.1, -0.05) is 18.5 Å². The fourth-order valence-corrected chi connectivity index (χ4v) is 3.28. The SMILES string of the molecule is CC1CCN(c2ccc(NC(=O)c3ccc([N+](=O)[O-])cc3Cl)cc2)CC1. The van der Waals surface area contributed by atoms with E-state index in [1.54, 1.807) is 0 Å². The van der Waals surface area contributed by atoms with Gasteiger partial charge in [0.2, 0.25) is 0 Å². The van der Waals surface area contributed by atoms with Crippen molar-refractivity contribution < 1.29 is 9.72 Å². The van der Waals surface area contributed by atoms with Gasteiger partial charge in [-0.2, -0.15) is 0 Å². The Bertz CT molecular complexity index is 815. The minimum atomic E-state index is -0.548. The van der Waals surface area contributed by atoms with E-state index < -0.39 is 10.8 Å². The van der Waals surface area contributed by atoms with Crippen molar-refractivity contribution in [3.8, 4) is 0 Å². The molecule has 2 aromatic rings. The highest BCUT2D eigenvalue weighted by Crippen LogP contribution is 2.26. The van der Waals surface area contributed by atoms with Crippen LogP contribution in [0.15, 0.2) is 42.5 Å². The quantitative estimate of drug-likeness (QED) is 0.620. The largest absolute Gasteiger partial charge is 0.372 e. The maximum absolute atomic E-state index is 12.4. The van der Waals surface area contributed by atoms with Crippen molar-refractivity contribution in [1.82, 2.24) is 0 Å². The molecule has 0 aromatic heterocycles. The molecule has 1 N–H and O–H groups in total. The number of carbonyl (C=O) groups is 1. The van der Waals surface area contributed by atoms with Gasteiger partial charge in [0.15, 0.2) is 0 Å². The van der Waals surface area contributed by atoms with Gasteiger partial charge in [0.25, 0.3) is 11.6 Å². The average molecular weight is 374 g/mol. The van der Waals surface area contributed by atoms with Crippen LogP contribution in [0.5, 0.6) is 0 Å². The molecule has 7 heteroatoms. The van der Waals surface area contributed by atoms with Crippen molar-refractivity contribution in [3.63, 3.8) is 0 Å². The summed E-state index contributed by atoms with van der Waals surface area (Å²) in [6.45, 7) is 4.37. The first-order valence-electron chi connectivity index (χ1n) is 8.54. The number of rotatable bonds is 4. The number of halogens is 1. The number of piperidine rings is 1. The Morgan fingerprint density at radius 3 is 2.42 bits per heavy atom. The smallest absolute Gasteiger partial charge is 0.270 e. The van der Waals surface area contributed by atoms with Gasteiger partial charge in [0.05, 0.1) is 15.5 Å². The van der Waals surface area contributed by atoms with Crippen molar-refractivity contribution in [3.05, 3.63) is 63.2 Å². The molecule has 0 bridgehead atoms. The molecule has 0 saturated carbocycles. The van der Waals surface area contributed by atoms with Crippen molar-refractivity contribution in [2.45, 2.75) is 19.8 Å². The molecule has 1 aliphatic heterocycles. The van der Waals surface area contributed by atoms with Gasteiger partial charge in [-0.05, 0) is 49.1 Å². The third-order valence-electron chi connectivity index (χ3n) is 4.68. The Morgan fingerprint density at radius 1 is 1.19 bits per heavy atom. The number of nitrogens with one attached hydrogen (secondary N) is 1. The van der Waals surface area contributed by atoms with Crippen LogP contribution in [0.1, 0.15) is 30.1 Å². The first kappa shape index (κ1) is 18.2. The molecule has 1 saturated heterocycles. The summed E-state index contributed by atoms with van der Waals surface area (Å²) >= 11 is 6.00. The highest BCUT2D eigenvalue weighted by atomic mass is 35.5. The molecule has 3 rings (SSSR count). The minimum Gasteiger partial charge on any atom is -0.372 e. The first-order valence-corrected chi connectivity index (χ1v) is 8.92. The van der Waals surface area contributed by atoms with Crippen molar-refractivity contribution in [2.75, 3.05) is 23.3 Å². The molecular formula is C19H20ClN3O3. The molecule has 0 unspecified atom stereocenters. The maximum atomic E-state index is 12.4. The fraction of sp³-hybridized carbons (Fsp3) is 0.316. The molecule has 0 spiro atoms. The zero-order valence-corrected chi connectivity index (χ0v) is 15.2. The molecule has 1 heterocycles. The summed E-state index contributed by atoms with van der Waals surface area (Å²) in [6, 6.07) is 11.5. The fourth-order valence-electron chi connectivity index (χ4n) is 3.02. The van der Waals surface area contributed by atoms with E-state index in [1.807, 2.05) is 24.3 Å². The van der Waals surface area contributed by atoms with Crippen molar-refractivity contribution in [2.24, 2.45) is 5.92 Å². The summed E-state index contributed by atoms with van der Waals surface area (Å²) in [5.74, 6) is 0.376. The van der Waals surface area contributed by atoms with Gasteiger partial charge in [-0.25, -0.2) is 0 Å². The number of non-ortho nitro benzene ring substituents is 1. The van der Waals surface area contributed by atoms with Crippen LogP contribution in [0, 0.1) is 16.0 Å². The highest BCUT2D eigenvalue weighted by molar-refractivity contribution is 6.34. The zero-order valence-electron chi connectivity index (χ0n) is 14.4. The zero-order chi connectivity index (χ0) is 18.7. The molecule has 136 valence electrons. The summed E-state index contributed by atoms with van der Waals surface area (Å²) in [5.41, 5.74) is 1.85. The Hall–Kier alpha value is -2.60. The van der Waals surface area contributed by atoms with E-state index in [0.717, 1.165) is 24.7 Å². The van der Waals surface area contributed by atoms with Crippen molar-refractivity contribution >= 4 is 34.6 Å². The predicted molar refractivity (Wildman–Crippen MR) is 103 cm³/mol. The van der Waals surface area contributed by atoms with Crippen LogP contribution in [0.25, 0.3) is 0 Å². The summed E-state index contributed by atoms with van der Waals surface area (Å²) in [7, 11) is 0. The number of hydrogen-bond acceptors (Lipinski definition) is 4. The van der Waals surface area contributed by atoms with Crippen LogP contribution in [0.3, 0.4) is 0 Å². The number of nitro benzene ring substituents is 1. The number of anilines is 2. The molecule has 0 atom stereocenters. The number of nitro groups is 1. The average Bonchev–Trinajstić information content (AvgIpc) is 2.63.